The van der Waals surface area contributed by atoms with E-state index in [1.165, 1.54) is 42.7 Å². The Hall–Kier alpha value is -4.54. The summed E-state index contributed by atoms with van der Waals surface area (Å²) in [6, 6.07) is 22.6. The standard InChI is InChI=1S/C29H24N4O4S2/c1-19-14-15-30-17-25(19)20-8-11-23(12-9-20)39(35,36)33-26-16-22(37-2)10-13-24(26)28(34)32-29-31-27(18-38-29)21-6-4-3-5-7-21/h3-18,33H,1-2H3,(H,31,32,34). The quantitative estimate of drug-likeness (QED) is 0.234. The van der Waals surface area contributed by atoms with Gasteiger partial charge in [-0.3, -0.25) is 19.8 Å². The average molecular weight is 557 g/mol. The van der Waals surface area contributed by atoms with Gasteiger partial charge in [-0.25, -0.2) is 13.4 Å². The minimum atomic E-state index is -4.02. The van der Waals surface area contributed by atoms with Crippen molar-refractivity contribution in [2.75, 3.05) is 17.1 Å². The van der Waals surface area contributed by atoms with E-state index in [1.54, 1.807) is 30.6 Å². The number of carbonyl (C=O) groups is 1. The topological polar surface area (TPSA) is 110 Å². The fourth-order valence-electron chi connectivity index (χ4n) is 3.95. The van der Waals surface area contributed by atoms with Crippen molar-refractivity contribution in [3.8, 4) is 28.1 Å². The van der Waals surface area contributed by atoms with Crippen molar-refractivity contribution in [2.24, 2.45) is 0 Å². The van der Waals surface area contributed by atoms with Gasteiger partial charge in [0.2, 0.25) is 0 Å². The third-order valence-electron chi connectivity index (χ3n) is 6.02. The summed E-state index contributed by atoms with van der Waals surface area (Å²) >= 11 is 1.28. The van der Waals surface area contributed by atoms with Crippen LogP contribution in [0.3, 0.4) is 0 Å². The van der Waals surface area contributed by atoms with Crippen LogP contribution in [0.2, 0.25) is 0 Å². The molecule has 5 rings (SSSR count). The summed E-state index contributed by atoms with van der Waals surface area (Å²) in [4.78, 5) is 21.9. The molecule has 1 amide bonds. The molecular formula is C29H24N4O4S2. The third kappa shape index (κ3) is 5.82. The van der Waals surface area contributed by atoms with Gasteiger partial charge in [0.15, 0.2) is 5.13 Å². The van der Waals surface area contributed by atoms with Gasteiger partial charge in [0.1, 0.15) is 5.75 Å². The van der Waals surface area contributed by atoms with Crippen molar-refractivity contribution >= 4 is 38.1 Å². The van der Waals surface area contributed by atoms with Gasteiger partial charge in [0, 0.05) is 35.0 Å². The van der Waals surface area contributed by atoms with Gasteiger partial charge in [-0.15, -0.1) is 11.3 Å². The molecule has 10 heteroatoms. The van der Waals surface area contributed by atoms with E-state index < -0.39 is 15.9 Å². The Bertz CT molecular complexity index is 1740. The highest BCUT2D eigenvalue weighted by molar-refractivity contribution is 7.92. The molecule has 8 nitrogen and oxygen atoms in total. The molecule has 0 atom stereocenters. The second kappa shape index (κ2) is 11.1. The number of hydrogen-bond acceptors (Lipinski definition) is 7. The predicted molar refractivity (Wildman–Crippen MR) is 154 cm³/mol. The Kier molecular flexibility index (Phi) is 7.40. The van der Waals surface area contributed by atoms with E-state index in [0.717, 1.165) is 27.9 Å². The molecule has 0 radical (unpaired) electrons. The van der Waals surface area contributed by atoms with Gasteiger partial charge in [0.05, 0.1) is 29.0 Å². The van der Waals surface area contributed by atoms with Crippen LogP contribution < -0.4 is 14.8 Å². The van der Waals surface area contributed by atoms with Crippen molar-refractivity contribution < 1.29 is 17.9 Å². The molecule has 2 N–H and O–H groups in total. The maximum absolute atomic E-state index is 13.3. The van der Waals surface area contributed by atoms with Gasteiger partial charge in [0.25, 0.3) is 15.9 Å². The minimum absolute atomic E-state index is 0.0504. The monoisotopic (exact) mass is 556 g/mol. The molecule has 0 aliphatic heterocycles. The molecule has 5 aromatic rings. The number of sulfonamides is 1. The number of pyridine rings is 1. The van der Waals surface area contributed by atoms with Gasteiger partial charge >= 0.3 is 0 Å². The van der Waals surface area contributed by atoms with Crippen LogP contribution in [0.15, 0.2) is 102 Å². The molecule has 0 aliphatic carbocycles. The Morgan fingerprint density at radius 1 is 0.949 bits per heavy atom. The van der Waals surface area contributed by atoms with Crippen molar-refractivity contribution in [1.29, 1.82) is 0 Å². The molecule has 0 unspecified atom stereocenters. The first-order valence-electron chi connectivity index (χ1n) is 11.9. The smallest absolute Gasteiger partial charge is 0.261 e. The van der Waals surface area contributed by atoms with E-state index in [-0.39, 0.29) is 16.1 Å². The number of methoxy groups -OCH3 is 1. The molecular weight excluding hydrogens is 532 g/mol. The number of thiazole rings is 1. The first kappa shape index (κ1) is 26.1. The summed E-state index contributed by atoms with van der Waals surface area (Å²) in [5.41, 5.74) is 4.66. The molecule has 0 saturated heterocycles. The van der Waals surface area contributed by atoms with E-state index in [0.29, 0.717) is 10.9 Å². The SMILES string of the molecule is COc1ccc(C(=O)Nc2nc(-c3ccccc3)cs2)c(NS(=O)(=O)c2ccc(-c3cnccc3C)cc2)c1. The highest BCUT2D eigenvalue weighted by Gasteiger charge is 2.21. The molecule has 3 aromatic carbocycles. The molecule has 0 spiro atoms. The van der Waals surface area contributed by atoms with E-state index in [2.05, 4.69) is 20.0 Å². The van der Waals surface area contributed by atoms with Crippen LogP contribution in [0, 0.1) is 6.92 Å². The molecule has 0 bridgehead atoms. The number of nitrogens with one attached hydrogen (secondary N) is 2. The van der Waals surface area contributed by atoms with Crippen LogP contribution in [-0.4, -0.2) is 31.4 Å². The van der Waals surface area contributed by atoms with Crippen LogP contribution in [0.4, 0.5) is 10.8 Å². The molecule has 2 heterocycles. The summed E-state index contributed by atoms with van der Waals surface area (Å²) in [5, 5.41) is 5.01. The fraction of sp³-hybridized carbons (Fsp3) is 0.0690. The lowest BCUT2D eigenvalue weighted by Gasteiger charge is -2.14. The normalized spacial score (nSPS) is 11.1. The van der Waals surface area contributed by atoms with Crippen molar-refractivity contribution in [3.05, 3.63) is 108 Å². The van der Waals surface area contributed by atoms with Crippen LogP contribution in [-0.2, 0) is 10.0 Å². The van der Waals surface area contributed by atoms with Gasteiger partial charge in [-0.2, -0.15) is 0 Å². The number of nitrogens with zero attached hydrogens (tertiary/aromatic N) is 2. The molecule has 196 valence electrons. The lowest BCUT2D eigenvalue weighted by Crippen LogP contribution is -2.18. The lowest BCUT2D eigenvalue weighted by atomic mass is 10.0. The van der Waals surface area contributed by atoms with Crippen molar-refractivity contribution in [1.82, 2.24) is 9.97 Å². The van der Waals surface area contributed by atoms with E-state index >= 15 is 0 Å². The number of aromatic nitrogens is 2. The molecule has 2 aromatic heterocycles. The first-order valence-corrected chi connectivity index (χ1v) is 14.2. The minimum Gasteiger partial charge on any atom is -0.497 e. The lowest BCUT2D eigenvalue weighted by molar-refractivity contribution is 0.102. The Labute approximate surface area is 230 Å². The van der Waals surface area contributed by atoms with Gasteiger partial charge in [-0.05, 0) is 48.4 Å². The first-order chi connectivity index (χ1) is 18.8. The number of anilines is 2. The van der Waals surface area contributed by atoms with Crippen LogP contribution in [0.1, 0.15) is 15.9 Å². The zero-order valence-electron chi connectivity index (χ0n) is 21.1. The second-order valence-corrected chi connectivity index (χ2v) is 11.1. The zero-order chi connectivity index (χ0) is 27.4. The molecule has 0 fully saturated rings. The molecule has 0 saturated carbocycles. The second-order valence-electron chi connectivity index (χ2n) is 8.59. The number of rotatable bonds is 8. The summed E-state index contributed by atoms with van der Waals surface area (Å²) in [5.74, 6) is -0.112. The van der Waals surface area contributed by atoms with E-state index in [1.807, 2.05) is 48.7 Å². The zero-order valence-corrected chi connectivity index (χ0v) is 22.7. The van der Waals surface area contributed by atoms with Crippen LogP contribution in [0.5, 0.6) is 5.75 Å². The molecule has 0 aliphatic rings. The van der Waals surface area contributed by atoms with Crippen LogP contribution in [0.25, 0.3) is 22.4 Å². The maximum Gasteiger partial charge on any atom is 0.261 e. The van der Waals surface area contributed by atoms with E-state index in [4.69, 9.17) is 4.74 Å². The number of carbonyl (C=O) groups excluding carboxylic acids is 1. The summed E-state index contributed by atoms with van der Waals surface area (Å²) < 4.78 is 34.4. The largest absolute Gasteiger partial charge is 0.497 e. The Balaban J connectivity index is 1.39. The number of ether oxygens (including phenoxy) is 1. The highest BCUT2D eigenvalue weighted by atomic mass is 32.2. The Morgan fingerprint density at radius 2 is 1.72 bits per heavy atom. The highest BCUT2D eigenvalue weighted by Crippen LogP contribution is 2.29. The maximum atomic E-state index is 13.3. The molecule has 39 heavy (non-hydrogen) atoms. The predicted octanol–water partition coefficient (Wildman–Crippen LogP) is 6.24. The number of aryl methyl sites for hydroxylation is 1. The van der Waals surface area contributed by atoms with E-state index in [9.17, 15) is 13.2 Å². The summed E-state index contributed by atoms with van der Waals surface area (Å²) in [6.45, 7) is 1.97. The average Bonchev–Trinajstić information content (AvgIpc) is 3.42. The number of benzene rings is 3. The van der Waals surface area contributed by atoms with Gasteiger partial charge < -0.3 is 4.74 Å². The Morgan fingerprint density at radius 3 is 2.44 bits per heavy atom. The third-order valence-corrected chi connectivity index (χ3v) is 8.16. The number of hydrogen-bond donors (Lipinski definition) is 2. The fourth-order valence-corrected chi connectivity index (χ4v) is 5.74. The van der Waals surface area contributed by atoms with Crippen molar-refractivity contribution in [2.45, 2.75) is 11.8 Å². The number of amides is 1. The van der Waals surface area contributed by atoms with Gasteiger partial charge in [-0.1, -0.05) is 42.5 Å². The van der Waals surface area contributed by atoms with Crippen LogP contribution >= 0.6 is 11.3 Å². The summed E-state index contributed by atoms with van der Waals surface area (Å²) in [7, 11) is -2.56. The summed E-state index contributed by atoms with van der Waals surface area (Å²) in [6.07, 6.45) is 3.45. The van der Waals surface area contributed by atoms with Crippen molar-refractivity contribution in [3.63, 3.8) is 0 Å².